The van der Waals surface area contributed by atoms with E-state index >= 15 is 0 Å². The van der Waals surface area contributed by atoms with Crippen LogP contribution in [0.2, 0.25) is 5.02 Å². The van der Waals surface area contributed by atoms with Crippen molar-refractivity contribution in [2.45, 2.75) is 58.4 Å². The number of hydrogen-bond donors (Lipinski definition) is 1. The molecule has 2 rings (SSSR count). The lowest BCUT2D eigenvalue weighted by molar-refractivity contribution is 0.212. The number of nitrogens with one attached hydrogen (secondary N) is 1. The third-order valence-electron chi connectivity index (χ3n) is 4.47. The Morgan fingerprint density at radius 2 is 1.86 bits per heavy atom. The van der Waals surface area contributed by atoms with Gasteiger partial charge in [0.05, 0.1) is 5.02 Å². The van der Waals surface area contributed by atoms with Crippen molar-refractivity contribution in [3.63, 3.8) is 0 Å². The van der Waals surface area contributed by atoms with E-state index in [-0.39, 0.29) is 16.4 Å². The van der Waals surface area contributed by atoms with E-state index in [1.165, 1.54) is 25.7 Å². The van der Waals surface area contributed by atoms with Gasteiger partial charge in [-0.15, -0.1) is 0 Å². The molecule has 2 atom stereocenters. The average Bonchev–Trinajstić information content (AvgIpc) is 2.42. The van der Waals surface area contributed by atoms with Gasteiger partial charge in [0.2, 0.25) is 0 Å². The molecular formula is C18H27ClFN. The smallest absolute Gasteiger partial charge is 0.144 e. The molecule has 1 aromatic carbocycles. The zero-order chi connectivity index (χ0) is 15.5. The molecule has 1 fully saturated rings. The highest BCUT2D eigenvalue weighted by molar-refractivity contribution is 6.30. The maximum absolute atomic E-state index is 14.1. The molecule has 2 unspecified atom stereocenters. The lowest BCUT2D eigenvalue weighted by Gasteiger charge is -2.34. The van der Waals surface area contributed by atoms with Crippen LogP contribution in [0.1, 0.15) is 52.0 Å². The molecule has 118 valence electrons. The molecule has 21 heavy (non-hydrogen) atoms. The van der Waals surface area contributed by atoms with Crippen LogP contribution in [0.15, 0.2) is 18.2 Å². The standard InChI is InChI=1S/C18H27ClFN/c1-18(2,3)21-12-15-8-5-4-7-13(15)11-14-9-6-10-16(19)17(14)20/h6,9-10,13,15,21H,4-5,7-8,11-12H2,1-3H3. The van der Waals surface area contributed by atoms with Crippen LogP contribution in [-0.4, -0.2) is 12.1 Å². The molecule has 1 aliphatic rings. The quantitative estimate of drug-likeness (QED) is 0.804. The molecule has 0 radical (unpaired) electrons. The number of rotatable bonds is 4. The van der Waals surface area contributed by atoms with Crippen LogP contribution in [-0.2, 0) is 6.42 Å². The predicted molar refractivity (Wildman–Crippen MR) is 88.3 cm³/mol. The molecule has 1 saturated carbocycles. The van der Waals surface area contributed by atoms with Crippen molar-refractivity contribution in [3.8, 4) is 0 Å². The fourth-order valence-corrected chi connectivity index (χ4v) is 3.44. The summed E-state index contributed by atoms with van der Waals surface area (Å²) in [7, 11) is 0. The number of benzene rings is 1. The number of hydrogen-bond acceptors (Lipinski definition) is 1. The third-order valence-corrected chi connectivity index (χ3v) is 4.77. The summed E-state index contributed by atoms with van der Waals surface area (Å²) in [5.41, 5.74) is 0.915. The Balaban J connectivity index is 2.03. The monoisotopic (exact) mass is 311 g/mol. The summed E-state index contributed by atoms with van der Waals surface area (Å²) in [5.74, 6) is 0.963. The van der Waals surface area contributed by atoms with Crippen molar-refractivity contribution in [2.24, 2.45) is 11.8 Å². The van der Waals surface area contributed by atoms with Gasteiger partial charge >= 0.3 is 0 Å². The van der Waals surface area contributed by atoms with Crippen LogP contribution in [0.3, 0.4) is 0 Å². The van der Waals surface area contributed by atoms with Crippen LogP contribution in [0.25, 0.3) is 0 Å². The second-order valence-corrected chi connectivity index (χ2v) is 7.76. The fourth-order valence-electron chi connectivity index (χ4n) is 3.25. The minimum absolute atomic E-state index is 0.142. The van der Waals surface area contributed by atoms with Gasteiger partial charge in [0, 0.05) is 5.54 Å². The topological polar surface area (TPSA) is 12.0 Å². The molecule has 3 heteroatoms. The Labute approximate surface area is 133 Å². The van der Waals surface area contributed by atoms with E-state index in [1.807, 2.05) is 12.1 Å². The number of halogens is 2. The summed E-state index contributed by atoms with van der Waals surface area (Å²) in [6.45, 7) is 7.61. The highest BCUT2D eigenvalue weighted by Gasteiger charge is 2.27. The molecule has 0 saturated heterocycles. The minimum Gasteiger partial charge on any atom is -0.312 e. The second-order valence-electron chi connectivity index (χ2n) is 7.35. The van der Waals surface area contributed by atoms with Gasteiger partial charge in [-0.05, 0) is 70.0 Å². The lowest BCUT2D eigenvalue weighted by Crippen LogP contribution is -2.41. The van der Waals surface area contributed by atoms with Crippen molar-refractivity contribution in [1.29, 1.82) is 0 Å². The minimum atomic E-state index is -0.229. The molecule has 1 aromatic rings. The van der Waals surface area contributed by atoms with Crippen LogP contribution in [0, 0.1) is 17.7 Å². The molecule has 1 aliphatic carbocycles. The first-order valence-electron chi connectivity index (χ1n) is 8.05. The van der Waals surface area contributed by atoms with E-state index < -0.39 is 0 Å². The summed E-state index contributed by atoms with van der Waals surface area (Å²) in [5, 5.41) is 3.86. The van der Waals surface area contributed by atoms with Gasteiger partial charge in [-0.3, -0.25) is 0 Å². The Morgan fingerprint density at radius 1 is 1.19 bits per heavy atom. The predicted octanol–water partition coefficient (Wildman–Crippen LogP) is 5.22. The lowest BCUT2D eigenvalue weighted by atomic mass is 9.76. The van der Waals surface area contributed by atoms with Crippen molar-refractivity contribution < 1.29 is 4.39 Å². The van der Waals surface area contributed by atoms with Gasteiger partial charge in [-0.25, -0.2) is 4.39 Å². The van der Waals surface area contributed by atoms with Crippen molar-refractivity contribution >= 4 is 11.6 Å². The molecule has 0 spiro atoms. The largest absolute Gasteiger partial charge is 0.312 e. The van der Waals surface area contributed by atoms with E-state index in [0.29, 0.717) is 11.8 Å². The van der Waals surface area contributed by atoms with E-state index in [1.54, 1.807) is 6.07 Å². The molecule has 0 aliphatic heterocycles. The van der Waals surface area contributed by atoms with Crippen LogP contribution in [0.4, 0.5) is 4.39 Å². The van der Waals surface area contributed by atoms with Crippen LogP contribution in [0.5, 0.6) is 0 Å². The first-order valence-corrected chi connectivity index (χ1v) is 8.42. The van der Waals surface area contributed by atoms with E-state index in [9.17, 15) is 4.39 Å². The molecule has 0 bridgehead atoms. The summed E-state index contributed by atoms with van der Waals surface area (Å²) in [6, 6.07) is 5.36. The average molecular weight is 312 g/mol. The summed E-state index contributed by atoms with van der Waals surface area (Å²) >= 11 is 5.90. The second kappa shape index (κ2) is 7.11. The van der Waals surface area contributed by atoms with Crippen molar-refractivity contribution in [3.05, 3.63) is 34.6 Å². The maximum Gasteiger partial charge on any atom is 0.144 e. The van der Waals surface area contributed by atoms with Gasteiger partial charge in [-0.1, -0.05) is 36.6 Å². The zero-order valence-electron chi connectivity index (χ0n) is 13.4. The van der Waals surface area contributed by atoms with Crippen molar-refractivity contribution in [2.75, 3.05) is 6.54 Å². The normalized spacial score (nSPS) is 23.3. The molecular weight excluding hydrogens is 285 g/mol. The molecule has 1 nitrogen and oxygen atoms in total. The summed E-state index contributed by atoms with van der Waals surface area (Å²) in [4.78, 5) is 0. The first-order chi connectivity index (χ1) is 9.87. The van der Waals surface area contributed by atoms with E-state index in [4.69, 9.17) is 11.6 Å². The highest BCUT2D eigenvalue weighted by atomic mass is 35.5. The molecule has 1 N–H and O–H groups in total. The first kappa shape index (κ1) is 16.8. The van der Waals surface area contributed by atoms with Crippen molar-refractivity contribution in [1.82, 2.24) is 5.32 Å². The molecule has 0 aromatic heterocycles. The third kappa shape index (κ3) is 4.96. The fraction of sp³-hybridized carbons (Fsp3) is 0.667. The van der Waals surface area contributed by atoms with Gasteiger partial charge in [0.25, 0.3) is 0 Å². The van der Waals surface area contributed by atoms with Crippen LogP contribution >= 0.6 is 11.6 Å². The highest BCUT2D eigenvalue weighted by Crippen LogP contribution is 2.33. The Hall–Kier alpha value is -0.600. The summed E-state index contributed by atoms with van der Waals surface area (Å²) < 4.78 is 14.1. The van der Waals surface area contributed by atoms with E-state index in [0.717, 1.165) is 18.5 Å². The Kier molecular flexibility index (Phi) is 5.67. The molecule has 0 amide bonds. The van der Waals surface area contributed by atoms with Crippen LogP contribution < -0.4 is 5.32 Å². The Morgan fingerprint density at radius 3 is 2.52 bits per heavy atom. The zero-order valence-corrected chi connectivity index (χ0v) is 14.1. The van der Waals surface area contributed by atoms with Gasteiger partial charge in [0.1, 0.15) is 5.82 Å². The SMILES string of the molecule is CC(C)(C)NCC1CCCCC1Cc1cccc(Cl)c1F. The maximum atomic E-state index is 14.1. The summed E-state index contributed by atoms with van der Waals surface area (Å²) in [6.07, 6.45) is 5.81. The van der Waals surface area contributed by atoms with Gasteiger partial charge in [-0.2, -0.15) is 0 Å². The van der Waals surface area contributed by atoms with Gasteiger partial charge < -0.3 is 5.32 Å². The Bertz CT molecular complexity index is 467. The van der Waals surface area contributed by atoms with Gasteiger partial charge in [0.15, 0.2) is 0 Å². The molecule has 0 heterocycles. The van der Waals surface area contributed by atoms with E-state index in [2.05, 4.69) is 26.1 Å².